The monoisotopic (exact) mass is 934 g/mol. The first-order chi connectivity index (χ1) is 34.6. The van der Waals surface area contributed by atoms with E-state index in [1.807, 2.05) is 0 Å². The molecule has 16 rings (SSSR count). The molecular weight excluding hydrogens is 864 g/mol. The van der Waals surface area contributed by atoms with Gasteiger partial charge in [-0.3, -0.25) is 0 Å². The van der Waals surface area contributed by atoms with E-state index in [0.29, 0.717) is 5.41 Å². The van der Waals surface area contributed by atoms with Gasteiger partial charge in [-0.15, -0.1) is 0 Å². The van der Waals surface area contributed by atoms with Crippen LogP contribution in [0.1, 0.15) is 147 Å². The summed E-state index contributed by atoms with van der Waals surface area (Å²) in [5, 5.41) is 2.97. The van der Waals surface area contributed by atoms with Crippen LogP contribution in [0.2, 0.25) is 0 Å². The minimum atomic E-state index is 0.0231. The number of nitrogens with zero attached hydrogens (tertiary/aromatic N) is 1. The Kier molecular flexibility index (Phi) is 8.22. The third kappa shape index (κ3) is 5.29. The second-order valence-electron chi connectivity index (χ2n) is 27.9. The van der Waals surface area contributed by atoms with Crippen molar-refractivity contribution in [3.05, 3.63) is 161 Å². The smallest absolute Gasteiger partial charge is 0.247 e. The topological polar surface area (TPSA) is 4.93 Å². The molecule has 1 spiro atoms. The van der Waals surface area contributed by atoms with E-state index in [-0.39, 0.29) is 40.5 Å². The van der Waals surface area contributed by atoms with Crippen molar-refractivity contribution in [1.82, 2.24) is 4.57 Å². The maximum atomic E-state index is 2.95. The van der Waals surface area contributed by atoms with Gasteiger partial charge in [0.05, 0.1) is 0 Å². The number of benzene rings is 7. The van der Waals surface area contributed by atoms with Gasteiger partial charge in [0.15, 0.2) is 0 Å². The molecule has 5 atom stereocenters. The molecule has 0 radical (unpaired) electrons. The molecule has 4 saturated carbocycles. The maximum absolute atomic E-state index is 2.95. The molecule has 3 heteroatoms. The van der Waals surface area contributed by atoms with Gasteiger partial charge in [-0.2, -0.15) is 0 Å². The van der Waals surface area contributed by atoms with Crippen molar-refractivity contribution < 1.29 is 0 Å². The van der Waals surface area contributed by atoms with Crippen LogP contribution in [0.5, 0.6) is 0 Å². The number of aromatic nitrogens is 1. The van der Waals surface area contributed by atoms with Crippen LogP contribution < -0.4 is 32.8 Å². The minimum Gasteiger partial charge on any atom is -0.311 e. The second-order valence-corrected chi connectivity index (χ2v) is 27.9. The second kappa shape index (κ2) is 13.8. The van der Waals surface area contributed by atoms with Crippen molar-refractivity contribution >= 4 is 68.0 Å². The van der Waals surface area contributed by atoms with Crippen LogP contribution >= 0.6 is 0 Å². The zero-order valence-electron chi connectivity index (χ0n) is 44.1. The molecule has 8 aliphatic rings. The molecule has 0 amide bonds. The van der Waals surface area contributed by atoms with E-state index >= 15 is 0 Å². The summed E-state index contributed by atoms with van der Waals surface area (Å²) in [5.41, 5.74) is 28.0. The zero-order chi connectivity index (χ0) is 48.6. The first-order valence-corrected chi connectivity index (χ1v) is 28.3. The first-order valence-electron chi connectivity index (χ1n) is 28.3. The summed E-state index contributed by atoms with van der Waals surface area (Å²) >= 11 is 0. The van der Waals surface area contributed by atoms with Crippen LogP contribution in [0, 0.1) is 23.2 Å². The molecule has 356 valence electrons. The molecule has 1 aromatic heterocycles. The van der Waals surface area contributed by atoms with Crippen molar-refractivity contribution in [3.8, 4) is 27.9 Å². The van der Waals surface area contributed by atoms with Gasteiger partial charge in [-0.1, -0.05) is 188 Å². The lowest BCUT2D eigenvalue weighted by Gasteiger charge is -2.60. The van der Waals surface area contributed by atoms with Gasteiger partial charge in [0.2, 0.25) is 13.4 Å². The van der Waals surface area contributed by atoms with Gasteiger partial charge in [-0.05, 0) is 193 Å². The summed E-state index contributed by atoms with van der Waals surface area (Å²) in [7, 11) is 0. The number of hydrogen-bond donors (Lipinski definition) is 0. The van der Waals surface area contributed by atoms with E-state index in [1.54, 1.807) is 49.7 Å². The fourth-order valence-corrected chi connectivity index (χ4v) is 19.0. The van der Waals surface area contributed by atoms with Gasteiger partial charge >= 0.3 is 0 Å². The molecule has 4 fully saturated rings. The van der Waals surface area contributed by atoms with Crippen LogP contribution in [-0.2, 0) is 27.1 Å². The Morgan fingerprint density at radius 1 is 0.444 bits per heavy atom. The van der Waals surface area contributed by atoms with Gasteiger partial charge < -0.3 is 4.57 Å². The zero-order valence-corrected chi connectivity index (χ0v) is 44.1. The largest absolute Gasteiger partial charge is 0.311 e. The molecule has 3 bridgehead atoms. The molecule has 8 aromatic rings. The van der Waals surface area contributed by atoms with Crippen LogP contribution in [0.4, 0.5) is 0 Å². The Morgan fingerprint density at radius 3 is 1.38 bits per heavy atom. The summed E-state index contributed by atoms with van der Waals surface area (Å²) in [6, 6.07) is 53.5. The number of fused-ring (bicyclic) bond motifs is 7. The lowest BCUT2D eigenvalue weighted by atomic mass is 9.29. The van der Waals surface area contributed by atoms with Crippen LogP contribution in [0.3, 0.4) is 0 Å². The quantitative estimate of drug-likeness (QED) is 0.152. The van der Waals surface area contributed by atoms with Gasteiger partial charge in [0.25, 0.3) is 0 Å². The van der Waals surface area contributed by atoms with Gasteiger partial charge in [0.1, 0.15) is 0 Å². The summed E-state index contributed by atoms with van der Waals surface area (Å²) in [6.45, 7) is 20.9. The predicted octanol–water partition coefficient (Wildman–Crippen LogP) is 12.9. The molecule has 3 heterocycles. The summed E-state index contributed by atoms with van der Waals surface area (Å²) in [6.07, 6.45) is 13.5. The van der Waals surface area contributed by atoms with E-state index in [2.05, 4.69) is 193 Å². The Balaban J connectivity index is 1.09. The van der Waals surface area contributed by atoms with Crippen molar-refractivity contribution in [2.75, 3.05) is 0 Å². The summed E-state index contributed by atoms with van der Waals surface area (Å²) in [5.74, 6) is 2.72. The maximum Gasteiger partial charge on any atom is 0.247 e. The van der Waals surface area contributed by atoms with Crippen molar-refractivity contribution in [2.45, 2.75) is 147 Å². The van der Waals surface area contributed by atoms with Crippen LogP contribution in [0.25, 0.3) is 49.7 Å². The van der Waals surface area contributed by atoms with Crippen LogP contribution in [0.15, 0.2) is 133 Å². The SMILES string of the molecule is CC1(C)CCC(C)(C)c2c1cc1c3cc4c(c5c3n3c1c2B(c1ccc(-c2ccccc2)cc1)c1cc(C26CC7CC8CC(C2)C6(C8)C7)cc(c1-3)B5c1ccc(-c2ccccc2)cc1)C(C)(C)CCC4(C)C. The first kappa shape index (κ1) is 42.9. The normalized spacial score (nSPS) is 27.5. The summed E-state index contributed by atoms with van der Waals surface area (Å²) in [4.78, 5) is 0. The predicted molar refractivity (Wildman–Crippen MR) is 307 cm³/mol. The fraction of sp³-hybridized carbons (Fsp3) is 0.391. The number of rotatable bonds is 5. The summed E-state index contributed by atoms with van der Waals surface area (Å²) < 4.78 is 2.95. The molecule has 0 saturated heterocycles. The average molecular weight is 934 g/mol. The molecule has 0 N–H and O–H groups in total. The Bertz CT molecular complexity index is 3450. The average Bonchev–Trinajstić information content (AvgIpc) is 3.89. The minimum absolute atomic E-state index is 0.0231. The molecule has 1 nitrogen and oxygen atoms in total. The third-order valence-corrected chi connectivity index (χ3v) is 22.4. The molecule has 6 aliphatic carbocycles. The lowest BCUT2D eigenvalue weighted by Crippen LogP contribution is -2.66. The van der Waals surface area contributed by atoms with Crippen LogP contribution in [-0.4, -0.2) is 18.0 Å². The highest BCUT2D eigenvalue weighted by Crippen LogP contribution is 2.81. The fourth-order valence-electron chi connectivity index (χ4n) is 19.0. The molecule has 5 unspecified atom stereocenters. The van der Waals surface area contributed by atoms with Gasteiger partial charge in [-0.25, -0.2) is 0 Å². The van der Waals surface area contributed by atoms with E-state index < -0.39 is 0 Å². The molecule has 72 heavy (non-hydrogen) atoms. The lowest BCUT2D eigenvalue weighted by molar-refractivity contribution is -0.0354. The van der Waals surface area contributed by atoms with E-state index in [9.17, 15) is 0 Å². The Hall–Kier alpha value is -5.53. The Morgan fingerprint density at radius 2 is 0.889 bits per heavy atom. The molecular formula is C69H69B2N. The highest BCUT2D eigenvalue weighted by Gasteiger charge is 2.74. The molecule has 7 aromatic carbocycles. The van der Waals surface area contributed by atoms with E-state index in [0.717, 1.165) is 17.8 Å². The van der Waals surface area contributed by atoms with Crippen molar-refractivity contribution in [2.24, 2.45) is 23.2 Å². The number of hydrogen-bond acceptors (Lipinski definition) is 0. The highest BCUT2D eigenvalue weighted by atomic mass is 15.0. The highest BCUT2D eigenvalue weighted by molar-refractivity contribution is 7.02. The molecule has 2 aliphatic heterocycles. The van der Waals surface area contributed by atoms with Crippen molar-refractivity contribution in [1.29, 1.82) is 0 Å². The third-order valence-electron chi connectivity index (χ3n) is 22.4. The van der Waals surface area contributed by atoms with E-state index in [4.69, 9.17) is 0 Å². The Labute approximate surface area is 429 Å². The van der Waals surface area contributed by atoms with Gasteiger partial charge in [0, 0.05) is 32.9 Å². The van der Waals surface area contributed by atoms with Crippen molar-refractivity contribution in [3.63, 3.8) is 0 Å². The standard InChI is InChI=1S/C69H69B2N/c1-64(2)27-29-66(5,6)57-53(64)35-51-52-36-54-58(67(7,8)30-28-65(54,3)4)60-62(52)72-61(51)59(57)70(49-23-19-45(20-24-49)43-15-11-9-12-16-43)55-33-47(69-39-42-31-41-32-48(40-69)68(69,37-41)38-42)34-56(63(55)72)71(60)50-25-21-46(22-26-50)44-17-13-10-14-18-44/h9-26,33-36,41-42,48H,27-32,37-40H2,1-8H3. The van der Waals surface area contributed by atoms with E-state index in [1.165, 1.54) is 125 Å².